The highest BCUT2D eigenvalue weighted by Gasteiger charge is 2.03. The van der Waals surface area contributed by atoms with Gasteiger partial charge in [-0.1, -0.05) is 19.1 Å². The van der Waals surface area contributed by atoms with Gasteiger partial charge in [-0.05, 0) is 43.2 Å². The molecule has 2 aromatic rings. The van der Waals surface area contributed by atoms with Gasteiger partial charge in [-0.15, -0.1) is 11.3 Å². The molecule has 0 radical (unpaired) electrons. The summed E-state index contributed by atoms with van der Waals surface area (Å²) in [5.74, 6) is 0.719. The minimum Gasteiger partial charge on any atom is -0.357 e. The Labute approximate surface area is 153 Å². The predicted molar refractivity (Wildman–Crippen MR) is 105 cm³/mol. The first-order valence-corrected chi connectivity index (χ1v) is 9.38. The Hall–Kier alpha value is -2.34. The number of nitrogens with zero attached hydrogens (tertiary/aromatic N) is 1. The van der Waals surface area contributed by atoms with Crippen LogP contribution in [-0.2, 0) is 19.5 Å². The number of aliphatic imine (C=N–C) groups is 1. The maximum atomic E-state index is 11.6. The standard InChI is InChI=1S/C19H26N4OS/c1-4-16-10-11-17(25-16)13-23-19(21-5-2)22-12-14-6-8-15(9-7-14)18(24)20-3/h6-11H,4-5,12-13H2,1-3H3,(H,20,24)(H2,21,22,23). The Morgan fingerprint density at radius 2 is 1.76 bits per heavy atom. The van der Waals surface area contributed by atoms with Crippen LogP contribution < -0.4 is 16.0 Å². The summed E-state index contributed by atoms with van der Waals surface area (Å²) in [6.45, 7) is 6.37. The van der Waals surface area contributed by atoms with E-state index in [1.54, 1.807) is 7.05 Å². The third kappa shape index (κ3) is 5.90. The van der Waals surface area contributed by atoms with Crippen molar-refractivity contribution in [1.29, 1.82) is 0 Å². The van der Waals surface area contributed by atoms with E-state index in [1.807, 2.05) is 35.6 Å². The van der Waals surface area contributed by atoms with E-state index in [1.165, 1.54) is 9.75 Å². The van der Waals surface area contributed by atoms with Gasteiger partial charge in [0.2, 0.25) is 0 Å². The van der Waals surface area contributed by atoms with Gasteiger partial charge in [0, 0.05) is 28.9 Å². The number of thiophene rings is 1. The summed E-state index contributed by atoms with van der Waals surface area (Å²) < 4.78 is 0. The number of amides is 1. The summed E-state index contributed by atoms with van der Waals surface area (Å²) in [4.78, 5) is 18.9. The highest BCUT2D eigenvalue weighted by atomic mass is 32.1. The molecule has 0 spiro atoms. The second kappa shape index (κ2) is 9.84. The van der Waals surface area contributed by atoms with Gasteiger partial charge >= 0.3 is 0 Å². The van der Waals surface area contributed by atoms with E-state index in [9.17, 15) is 4.79 Å². The molecule has 6 heteroatoms. The van der Waals surface area contributed by atoms with Gasteiger partial charge in [0.25, 0.3) is 5.91 Å². The van der Waals surface area contributed by atoms with E-state index in [-0.39, 0.29) is 5.91 Å². The van der Waals surface area contributed by atoms with Crippen LogP contribution in [-0.4, -0.2) is 25.5 Å². The van der Waals surface area contributed by atoms with Gasteiger partial charge in [0.05, 0.1) is 13.1 Å². The summed E-state index contributed by atoms with van der Waals surface area (Å²) in [7, 11) is 1.63. The van der Waals surface area contributed by atoms with Crippen molar-refractivity contribution in [1.82, 2.24) is 16.0 Å². The number of nitrogens with one attached hydrogen (secondary N) is 3. The fourth-order valence-electron chi connectivity index (χ4n) is 2.30. The molecule has 0 bridgehead atoms. The van der Waals surface area contributed by atoms with Gasteiger partial charge in [-0.3, -0.25) is 4.79 Å². The summed E-state index contributed by atoms with van der Waals surface area (Å²) >= 11 is 1.83. The fourth-order valence-corrected chi connectivity index (χ4v) is 3.19. The maximum absolute atomic E-state index is 11.6. The van der Waals surface area contributed by atoms with Gasteiger partial charge < -0.3 is 16.0 Å². The van der Waals surface area contributed by atoms with Crippen molar-refractivity contribution in [2.75, 3.05) is 13.6 Å². The third-order valence-electron chi connectivity index (χ3n) is 3.70. The van der Waals surface area contributed by atoms with Crippen molar-refractivity contribution >= 4 is 23.2 Å². The average Bonchev–Trinajstić information content (AvgIpc) is 3.12. The van der Waals surface area contributed by atoms with Crippen molar-refractivity contribution in [3.63, 3.8) is 0 Å². The monoisotopic (exact) mass is 358 g/mol. The highest BCUT2D eigenvalue weighted by Crippen LogP contribution is 2.16. The van der Waals surface area contributed by atoms with E-state index < -0.39 is 0 Å². The van der Waals surface area contributed by atoms with Crippen molar-refractivity contribution < 1.29 is 4.79 Å². The van der Waals surface area contributed by atoms with Crippen LogP contribution in [0.3, 0.4) is 0 Å². The lowest BCUT2D eigenvalue weighted by Crippen LogP contribution is -2.36. The molecule has 25 heavy (non-hydrogen) atoms. The fraction of sp³-hybridized carbons (Fsp3) is 0.368. The first-order valence-electron chi connectivity index (χ1n) is 8.57. The topological polar surface area (TPSA) is 65.5 Å². The number of aryl methyl sites for hydroxylation is 1. The second-order valence-corrected chi connectivity index (χ2v) is 6.80. The minimum absolute atomic E-state index is 0.0764. The van der Waals surface area contributed by atoms with Crippen LogP contribution in [0.5, 0.6) is 0 Å². The van der Waals surface area contributed by atoms with E-state index >= 15 is 0 Å². The molecule has 1 heterocycles. The minimum atomic E-state index is -0.0764. The molecule has 0 aliphatic heterocycles. The van der Waals surface area contributed by atoms with Crippen molar-refractivity contribution in [2.45, 2.75) is 33.4 Å². The first-order chi connectivity index (χ1) is 12.2. The van der Waals surface area contributed by atoms with Gasteiger partial charge in [0.1, 0.15) is 0 Å². The molecule has 0 atom stereocenters. The summed E-state index contributed by atoms with van der Waals surface area (Å²) in [5, 5.41) is 9.25. The van der Waals surface area contributed by atoms with Crippen LogP contribution in [0.4, 0.5) is 0 Å². The Kier molecular flexibility index (Phi) is 7.47. The lowest BCUT2D eigenvalue weighted by Gasteiger charge is -2.10. The number of benzene rings is 1. The highest BCUT2D eigenvalue weighted by molar-refractivity contribution is 7.11. The SMILES string of the molecule is CCNC(=NCc1ccc(C(=O)NC)cc1)NCc1ccc(CC)s1. The van der Waals surface area contributed by atoms with E-state index in [2.05, 4.69) is 46.9 Å². The Bertz CT molecular complexity index is 706. The molecule has 0 saturated carbocycles. The maximum Gasteiger partial charge on any atom is 0.251 e. The number of carbonyl (C=O) groups excluding carboxylic acids is 1. The largest absolute Gasteiger partial charge is 0.357 e. The van der Waals surface area contributed by atoms with Crippen LogP contribution in [0.1, 0.15) is 39.5 Å². The predicted octanol–water partition coefficient (Wildman–Crippen LogP) is 2.93. The lowest BCUT2D eigenvalue weighted by atomic mass is 10.1. The Balaban J connectivity index is 1.95. The van der Waals surface area contributed by atoms with Crippen molar-refractivity contribution in [3.05, 3.63) is 57.3 Å². The molecule has 3 N–H and O–H groups in total. The summed E-state index contributed by atoms with van der Waals surface area (Å²) in [6, 6.07) is 11.9. The number of carbonyl (C=O) groups is 1. The second-order valence-electron chi connectivity index (χ2n) is 5.55. The van der Waals surface area contributed by atoms with Crippen LogP contribution in [0.25, 0.3) is 0 Å². The normalized spacial score (nSPS) is 11.2. The zero-order valence-corrected chi connectivity index (χ0v) is 15.9. The molecule has 134 valence electrons. The van der Waals surface area contributed by atoms with Crippen LogP contribution in [0.2, 0.25) is 0 Å². The number of rotatable bonds is 7. The zero-order valence-electron chi connectivity index (χ0n) is 15.1. The molecule has 0 aliphatic carbocycles. The molecule has 5 nitrogen and oxygen atoms in total. The summed E-state index contributed by atoms with van der Waals surface area (Å²) in [6.07, 6.45) is 1.07. The molecule has 2 rings (SSSR count). The molecular formula is C19H26N4OS. The van der Waals surface area contributed by atoms with Gasteiger partial charge in [0.15, 0.2) is 5.96 Å². The van der Waals surface area contributed by atoms with Crippen LogP contribution in [0, 0.1) is 0 Å². The van der Waals surface area contributed by atoms with Crippen molar-refractivity contribution in [3.8, 4) is 0 Å². The quantitative estimate of drug-likeness (QED) is 0.527. The molecule has 0 saturated heterocycles. The number of hydrogen-bond donors (Lipinski definition) is 3. The zero-order chi connectivity index (χ0) is 18.1. The lowest BCUT2D eigenvalue weighted by molar-refractivity contribution is 0.0963. The molecule has 0 aliphatic rings. The molecule has 0 unspecified atom stereocenters. The van der Waals surface area contributed by atoms with E-state index in [0.717, 1.165) is 31.0 Å². The molecule has 0 fully saturated rings. The number of guanidine groups is 1. The molecule has 1 aromatic carbocycles. The Morgan fingerprint density at radius 1 is 1.04 bits per heavy atom. The van der Waals surface area contributed by atoms with Gasteiger partial charge in [-0.2, -0.15) is 0 Å². The molecular weight excluding hydrogens is 332 g/mol. The summed E-state index contributed by atoms with van der Waals surface area (Å²) in [5.41, 5.74) is 1.72. The number of hydrogen-bond acceptors (Lipinski definition) is 3. The van der Waals surface area contributed by atoms with E-state index in [0.29, 0.717) is 12.1 Å². The smallest absolute Gasteiger partial charge is 0.251 e. The molecule has 1 aromatic heterocycles. The molecule has 1 amide bonds. The Morgan fingerprint density at radius 3 is 2.36 bits per heavy atom. The first kappa shape index (κ1) is 19.0. The van der Waals surface area contributed by atoms with Crippen LogP contribution >= 0.6 is 11.3 Å². The van der Waals surface area contributed by atoms with Crippen molar-refractivity contribution in [2.24, 2.45) is 4.99 Å². The van der Waals surface area contributed by atoms with Crippen LogP contribution in [0.15, 0.2) is 41.4 Å². The van der Waals surface area contributed by atoms with E-state index in [4.69, 9.17) is 0 Å². The van der Waals surface area contributed by atoms with Gasteiger partial charge in [-0.25, -0.2) is 4.99 Å². The average molecular weight is 359 g/mol. The third-order valence-corrected chi connectivity index (χ3v) is 4.93.